The van der Waals surface area contributed by atoms with E-state index in [0.717, 1.165) is 54.8 Å². The fourth-order valence-corrected chi connectivity index (χ4v) is 5.30. The third-order valence-electron chi connectivity index (χ3n) is 6.01. The predicted octanol–water partition coefficient (Wildman–Crippen LogP) is 2.90. The van der Waals surface area contributed by atoms with Crippen LogP contribution in [0.3, 0.4) is 0 Å². The Labute approximate surface area is 198 Å². The third kappa shape index (κ3) is 8.99. The van der Waals surface area contributed by atoms with Crippen molar-refractivity contribution in [3.05, 3.63) is 11.6 Å². The van der Waals surface area contributed by atoms with Gasteiger partial charge < -0.3 is 4.74 Å². The van der Waals surface area contributed by atoms with Crippen LogP contribution in [0.2, 0.25) is 0 Å². The summed E-state index contributed by atoms with van der Waals surface area (Å²) in [6.45, 7) is 8.20. The van der Waals surface area contributed by atoms with Gasteiger partial charge in [0.25, 0.3) is 0 Å². The average molecular weight is 488 g/mol. The molecular weight excluding hydrogens is 446 g/mol. The molecule has 1 unspecified atom stereocenters. The SMILES string of the molecule is CC(C)=C[C@@H](C(=O)NN(CC(C)C)S(C)(=O)=O)[C@@H](C(=O)NOC1CCCCO1)C1CCCC1. The number of amides is 2. The molecule has 1 aliphatic carbocycles. The van der Waals surface area contributed by atoms with Crippen molar-refractivity contribution in [2.45, 2.75) is 78.9 Å². The summed E-state index contributed by atoms with van der Waals surface area (Å²) in [4.78, 5) is 32.3. The van der Waals surface area contributed by atoms with Crippen molar-refractivity contribution in [3.63, 3.8) is 0 Å². The van der Waals surface area contributed by atoms with Crippen LogP contribution in [0.5, 0.6) is 0 Å². The number of hydrazine groups is 1. The molecule has 0 aromatic heterocycles. The van der Waals surface area contributed by atoms with E-state index in [4.69, 9.17) is 9.57 Å². The van der Waals surface area contributed by atoms with E-state index in [-0.39, 0.29) is 24.3 Å². The molecule has 10 heteroatoms. The van der Waals surface area contributed by atoms with Gasteiger partial charge in [0.05, 0.1) is 18.1 Å². The largest absolute Gasteiger partial charge is 0.350 e. The van der Waals surface area contributed by atoms with E-state index in [9.17, 15) is 18.0 Å². The first-order valence-corrected chi connectivity index (χ1v) is 13.8. The Balaban J connectivity index is 2.26. The van der Waals surface area contributed by atoms with E-state index >= 15 is 0 Å². The fourth-order valence-electron chi connectivity index (χ4n) is 4.48. The number of nitrogens with one attached hydrogen (secondary N) is 2. The molecule has 2 aliphatic rings. The maximum Gasteiger partial charge on any atom is 0.248 e. The van der Waals surface area contributed by atoms with Crippen LogP contribution in [0.15, 0.2) is 11.6 Å². The zero-order valence-corrected chi connectivity index (χ0v) is 21.4. The maximum absolute atomic E-state index is 13.4. The number of carbonyl (C=O) groups excluding carboxylic acids is 2. The molecule has 33 heavy (non-hydrogen) atoms. The topological polar surface area (TPSA) is 114 Å². The highest BCUT2D eigenvalue weighted by atomic mass is 32.2. The number of rotatable bonds is 11. The summed E-state index contributed by atoms with van der Waals surface area (Å²) in [5.41, 5.74) is 6.00. The summed E-state index contributed by atoms with van der Waals surface area (Å²) in [7, 11) is -3.67. The summed E-state index contributed by atoms with van der Waals surface area (Å²) in [5, 5.41) is 0. The van der Waals surface area contributed by atoms with Crippen molar-refractivity contribution >= 4 is 21.8 Å². The number of ether oxygens (including phenoxy) is 1. The van der Waals surface area contributed by atoms with Gasteiger partial charge >= 0.3 is 0 Å². The summed E-state index contributed by atoms with van der Waals surface area (Å²) >= 11 is 0. The lowest BCUT2D eigenvalue weighted by Gasteiger charge is -2.31. The lowest BCUT2D eigenvalue weighted by Crippen LogP contribution is -2.52. The average Bonchev–Trinajstić information content (AvgIpc) is 3.25. The lowest BCUT2D eigenvalue weighted by atomic mass is 9.78. The Hall–Kier alpha value is -1.49. The second-order valence-electron chi connectivity index (χ2n) is 9.88. The number of carbonyl (C=O) groups is 2. The number of hydrogen-bond acceptors (Lipinski definition) is 6. The molecule has 0 radical (unpaired) electrons. The van der Waals surface area contributed by atoms with Crippen molar-refractivity contribution in [2.24, 2.45) is 23.7 Å². The molecule has 2 fully saturated rings. The number of hydrogen-bond donors (Lipinski definition) is 2. The minimum Gasteiger partial charge on any atom is -0.350 e. The van der Waals surface area contributed by atoms with Gasteiger partial charge in [-0.05, 0) is 51.4 Å². The van der Waals surface area contributed by atoms with Crippen molar-refractivity contribution in [1.29, 1.82) is 0 Å². The fraction of sp³-hybridized carbons (Fsp3) is 0.826. The first-order chi connectivity index (χ1) is 15.5. The van der Waals surface area contributed by atoms with Crippen LogP contribution >= 0.6 is 0 Å². The van der Waals surface area contributed by atoms with Gasteiger partial charge in [-0.3, -0.25) is 15.0 Å². The molecule has 190 valence electrons. The van der Waals surface area contributed by atoms with Gasteiger partial charge in [0.2, 0.25) is 21.8 Å². The molecule has 1 aliphatic heterocycles. The van der Waals surface area contributed by atoms with Gasteiger partial charge in [-0.25, -0.2) is 18.7 Å². The molecule has 9 nitrogen and oxygen atoms in total. The van der Waals surface area contributed by atoms with Crippen LogP contribution in [0.1, 0.15) is 72.6 Å². The van der Waals surface area contributed by atoms with E-state index in [2.05, 4.69) is 10.9 Å². The van der Waals surface area contributed by atoms with Crippen LogP contribution < -0.4 is 10.9 Å². The quantitative estimate of drug-likeness (QED) is 0.342. The minimum absolute atomic E-state index is 0.00371. The van der Waals surface area contributed by atoms with E-state index < -0.39 is 34.1 Å². The summed E-state index contributed by atoms with van der Waals surface area (Å²) in [6, 6.07) is 0. The Morgan fingerprint density at radius 1 is 1.09 bits per heavy atom. The summed E-state index contributed by atoms with van der Waals surface area (Å²) in [5.74, 6) is -2.37. The minimum atomic E-state index is -3.67. The second kappa shape index (κ2) is 12.8. The molecule has 0 bridgehead atoms. The van der Waals surface area contributed by atoms with Crippen LogP contribution in [0.4, 0.5) is 0 Å². The smallest absolute Gasteiger partial charge is 0.248 e. The molecular formula is C23H41N3O6S. The van der Waals surface area contributed by atoms with Crippen molar-refractivity contribution in [1.82, 2.24) is 15.3 Å². The van der Waals surface area contributed by atoms with Crippen LogP contribution in [0.25, 0.3) is 0 Å². The third-order valence-corrected chi connectivity index (χ3v) is 7.05. The van der Waals surface area contributed by atoms with Crippen molar-refractivity contribution in [2.75, 3.05) is 19.4 Å². The predicted molar refractivity (Wildman–Crippen MR) is 126 cm³/mol. The van der Waals surface area contributed by atoms with Gasteiger partial charge in [-0.1, -0.05) is 38.3 Å². The molecule has 1 saturated heterocycles. The van der Waals surface area contributed by atoms with Crippen molar-refractivity contribution in [3.8, 4) is 0 Å². The number of hydroxylamine groups is 1. The number of nitrogens with zero attached hydrogens (tertiary/aromatic N) is 1. The van der Waals surface area contributed by atoms with E-state index in [1.165, 1.54) is 0 Å². The van der Waals surface area contributed by atoms with Gasteiger partial charge in [-0.2, -0.15) is 0 Å². The molecule has 0 aromatic rings. The van der Waals surface area contributed by atoms with Crippen LogP contribution in [-0.2, 0) is 29.2 Å². The highest BCUT2D eigenvalue weighted by Gasteiger charge is 2.41. The zero-order valence-electron chi connectivity index (χ0n) is 20.6. The van der Waals surface area contributed by atoms with Crippen LogP contribution in [-0.4, -0.2) is 50.3 Å². The Kier molecular flexibility index (Phi) is 10.8. The molecule has 1 heterocycles. The van der Waals surface area contributed by atoms with E-state index in [0.29, 0.717) is 13.0 Å². The lowest BCUT2D eigenvalue weighted by molar-refractivity contribution is -0.203. The Bertz CT molecular complexity index is 782. The standard InChI is InChI=1S/C23H41N3O6S/c1-16(2)14-19(22(27)24-26(15-17(3)4)33(5,29)30)21(18-10-6-7-11-18)23(28)25-32-20-12-8-9-13-31-20/h14,17-21H,6-13,15H2,1-5H3,(H,24,27)(H,25,28)/t19-,20?,21+/m1/s1. The molecule has 0 spiro atoms. The second-order valence-corrected chi connectivity index (χ2v) is 11.8. The van der Waals surface area contributed by atoms with E-state index in [1.54, 1.807) is 6.08 Å². The van der Waals surface area contributed by atoms with Crippen molar-refractivity contribution < 1.29 is 27.6 Å². The van der Waals surface area contributed by atoms with Crippen LogP contribution in [0, 0.1) is 23.7 Å². The molecule has 2 amide bonds. The van der Waals surface area contributed by atoms with Gasteiger partial charge in [0.15, 0.2) is 6.29 Å². The van der Waals surface area contributed by atoms with E-state index in [1.807, 2.05) is 27.7 Å². The monoisotopic (exact) mass is 487 g/mol. The highest BCUT2D eigenvalue weighted by molar-refractivity contribution is 7.88. The number of sulfonamides is 1. The summed E-state index contributed by atoms with van der Waals surface area (Å²) in [6.07, 6.45) is 8.61. The molecule has 0 aromatic carbocycles. The van der Waals surface area contributed by atoms with Gasteiger partial charge in [0.1, 0.15) is 0 Å². The molecule has 1 saturated carbocycles. The molecule has 2 rings (SSSR count). The maximum atomic E-state index is 13.4. The number of allylic oxidation sites excluding steroid dienone is 1. The van der Waals surface area contributed by atoms with Gasteiger partial charge in [-0.15, -0.1) is 4.41 Å². The Morgan fingerprint density at radius 3 is 2.24 bits per heavy atom. The normalized spacial score (nSPS) is 21.6. The first kappa shape index (κ1) is 27.8. The van der Waals surface area contributed by atoms with Gasteiger partial charge in [0, 0.05) is 19.6 Å². The summed E-state index contributed by atoms with van der Waals surface area (Å²) < 4.78 is 31.0. The first-order valence-electron chi connectivity index (χ1n) is 12.0. The highest BCUT2D eigenvalue weighted by Crippen LogP contribution is 2.37. The Morgan fingerprint density at radius 2 is 1.73 bits per heavy atom. The molecule has 3 atom stereocenters. The zero-order chi connectivity index (χ0) is 24.6. The molecule has 2 N–H and O–H groups in total.